The summed E-state index contributed by atoms with van der Waals surface area (Å²) in [6.45, 7) is 0. The number of aromatic nitrogens is 1. The van der Waals surface area contributed by atoms with Gasteiger partial charge < -0.3 is 19.2 Å². The number of benzene rings is 1. The van der Waals surface area contributed by atoms with Gasteiger partial charge in [0, 0.05) is 16.5 Å². The maximum Gasteiger partial charge on any atom is 0.310 e. The van der Waals surface area contributed by atoms with Crippen LogP contribution < -0.4 is 14.3 Å². The molecule has 128 valence electrons. The molecule has 1 aliphatic heterocycles. The molecule has 0 fully saturated rings. The van der Waals surface area contributed by atoms with E-state index in [1.807, 2.05) is 12.1 Å². The predicted molar refractivity (Wildman–Crippen MR) is 92.6 cm³/mol. The van der Waals surface area contributed by atoms with Crippen LogP contribution in [-0.4, -0.2) is 38.0 Å². The fraction of sp³-hybridized carbons (Fsp3) is 0.375. The van der Waals surface area contributed by atoms with Crippen molar-refractivity contribution >= 4 is 29.1 Å². The first-order valence-corrected chi connectivity index (χ1v) is 9.04. The minimum Gasteiger partial charge on any atom is -0.493 e. The maximum absolute atomic E-state index is 12.3. The molecule has 1 N–H and O–H groups in total. The van der Waals surface area contributed by atoms with Crippen LogP contribution in [0.4, 0.5) is 0 Å². The van der Waals surface area contributed by atoms with E-state index in [2.05, 4.69) is 4.98 Å². The topological polar surface area (TPSA) is 77.6 Å². The van der Waals surface area contributed by atoms with E-state index < -0.39 is 0 Å². The summed E-state index contributed by atoms with van der Waals surface area (Å²) in [4.78, 5) is 27.6. The molecule has 1 aliphatic rings. The minimum absolute atomic E-state index is 0.122. The lowest BCUT2D eigenvalue weighted by Crippen LogP contribution is -2.29. The second kappa shape index (κ2) is 6.90. The third kappa shape index (κ3) is 2.91. The Labute approximate surface area is 147 Å². The molecule has 0 aliphatic carbocycles. The molecule has 0 amide bonds. The monoisotopic (exact) mass is 367 g/mol. The molecule has 24 heavy (non-hydrogen) atoms. The first-order chi connectivity index (χ1) is 11.6. The number of fused-ring (bicyclic) bond motifs is 1. The third-order valence-corrected chi connectivity index (χ3v) is 6.24. The number of thiazole rings is 1. The van der Waals surface area contributed by atoms with Crippen molar-refractivity contribution in [3.8, 4) is 11.5 Å². The molecule has 0 unspecified atom stereocenters. The van der Waals surface area contributed by atoms with Crippen LogP contribution in [0.2, 0.25) is 0 Å². The van der Waals surface area contributed by atoms with E-state index in [0.717, 1.165) is 26.8 Å². The molecule has 0 radical (unpaired) electrons. The molecule has 2 aromatic rings. The Morgan fingerprint density at radius 1 is 1.21 bits per heavy atom. The number of methoxy groups -OCH3 is 3. The zero-order chi connectivity index (χ0) is 17.3. The zero-order valence-corrected chi connectivity index (χ0v) is 15.1. The quantitative estimate of drug-likeness (QED) is 0.837. The average Bonchev–Trinajstić information content (AvgIpc) is 2.99. The summed E-state index contributed by atoms with van der Waals surface area (Å²) in [5.74, 6) is 0.846. The Morgan fingerprint density at radius 3 is 2.62 bits per heavy atom. The Hall–Kier alpha value is -1.93. The molecule has 3 rings (SSSR count). The minimum atomic E-state index is -0.364. The summed E-state index contributed by atoms with van der Waals surface area (Å²) in [6, 6.07) is 5.55. The van der Waals surface area contributed by atoms with Gasteiger partial charge in [0.25, 0.3) is 0 Å². The van der Waals surface area contributed by atoms with Crippen molar-refractivity contribution in [3.63, 3.8) is 0 Å². The van der Waals surface area contributed by atoms with E-state index in [4.69, 9.17) is 14.2 Å². The van der Waals surface area contributed by atoms with Crippen molar-refractivity contribution < 1.29 is 19.0 Å². The Bertz CT molecular complexity index is 813. The Morgan fingerprint density at radius 2 is 1.96 bits per heavy atom. The number of aromatic amines is 1. The summed E-state index contributed by atoms with van der Waals surface area (Å²) >= 11 is 2.61. The van der Waals surface area contributed by atoms with Gasteiger partial charge in [0.15, 0.2) is 11.5 Å². The van der Waals surface area contributed by atoms with E-state index in [1.54, 1.807) is 20.3 Å². The molecule has 1 aromatic heterocycles. The van der Waals surface area contributed by atoms with Gasteiger partial charge in [-0.1, -0.05) is 17.4 Å². The number of thioether (sulfide) groups is 1. The summed E-state index contributed by atoms with van der Waals surface area (Å²) in [7, 11) is 4.52. The fourth-order valence-corrected chi connectivity index (χ4v) is 5.27. The van der Waals surface area contributed by atoms with Crippen LogP contribution in [-0.2, 0) is 9.53 Å². The normalized spacial score (nSPS) is 19.5. The first-order valence-electron chi connectivity index (χ1n) is 7.24. The second-order valence-electron chi connectivity index (χ2n) is 5.24. The highest BCUT2D eigenvalue weighted by Gasteiger charge is 2.39. The number of hydrogen-bond donors (Lipinski definition) is 1. The van der Waals surface area contributed by atoms with E-state index >= 15 is 0 Å². The van der Waals surface area contributed by atoms with Gasteiger partial charge in [0.2, 0.25) is 0 Å². The number of carbonyl (C=O) groups is 1. The van der Waals surface area contributed by atoms with Gasteiger partial charge in [0.1, 0.15) is 0 Å². The van der Waals surface area contributed by atoms with Gasteiger partial charge in [-0.15, -0.1) is 11.8 Å². The molecule has 0 bridgehead atoms. The smallest absolute Gasteiger partial charge is 0.310 e. The molecule has 1 aromatic carbocycles. The van der Waals surface area contributed by atoms with Crippen molar-refractivity contribution in [1.29, 1.82) is 0 Å². The van der Waals surface area contributed by atoms with E-state index in [9.17, 15) is 9.59 Å². The summed E-state index contributed by atoms with van der Waals surface area (Å²) < 4.78 is 15.6. The third-order valence-electron chi connectivity index (χ3n) is 4.00. The highest BCUT2D eigenvalue weighted by molar-refractivity contribution is 7.99. The van der Waals surface area contributed by atoms with Crippen LogP contribution in [0.1, 0.15) is 16.4 Å². The molecule has 2 atom stereocenters. The van der Waals surface area contributed by atoms with Gasteiger partial charge in [-0.3, -0.25) is 9.59 Å². The predicted octanol–water partition coefficient (Wildman–Crippen LogP) is 2.48. The number of esters is 1. The standard InChI is InChI=1S/C16H17NO5S2/c1-20-10-5-4-8(6-11(10)21-2)12-9(15(18)22-3)7-23-14-13(12)24-16(19)17-14/h4-6,9,12H,7H2,1-3H3,(H,17,19)/t9-,12+/m1/s1. The molecular weight excluding hydrogens is 350 g/mol. The van der Waals surface area contributed by atoms with Gasteiger partial charge in [-0.25, -0.2) is 0 Å². The van der Waals surface area contributed by atoms with Gasteiger partial charge in [0.05, 0.1) is 32.3 Å². The molecular formula is C16H17NO5S2. The number of carbonyl (C=O) groups excluding carboxylic acids is 1. The van der Waals surface area contributed by atoms with Gasteiger partial charge >= 0.3 is 10.8 Å². The number of H-pyrrole nitrogens is 1. The number of hydrogen-bond acceptors (Lipinski definition) is 7. The largest absolute Gasteiger partial charge is 0.493 e. The molecule has 6 nitrogen and oxygen atoms in total. The van der Waals surface area contributed by atoms with E-state index in [0.29, 0.717) is 17.3 Å². The summed E-state index contributed by atoms with van der Waals surface area (Å²) in [6.07, 6.45) is 0. The lowest BCUT2D eigenvalue weighted by atomic mass is 9.85. The molecule has 0 saturated heterocycles. The first kappa shape index (κ1) is 16.9. The second-order valence-corrected chi connectivity index (χ2v) is 7.29. The van der Waals surface area contributed by atoms with Crippen LogP contribution in [0.5, 0.6) is 11.5 Å². The molecule has 2 heterocycles. The Kier molecular flexibility index (Phi) is 4.86. The van der Waals surface area contributed by atoms with Crippen LogP contribution in [0, 0.1) is 5.92 Å². The SMILES string of the molecule is COC(=O)[C@@H]1CSc2[nH]c(=O)sc2[C@H]1c1ccc(OC)c(OC)c1. The molecule has 8 heteroatoms. The zero-order valence-electron chi connectivity index (χ0n) is 13.5. The van der Waals surface area contributed by atoms with Crippen LogP contribution in [0.25, 0.3) is 0 Å². The number of rotatable bonds is 4. The lowest BCUT2D eigenvalue weighted by Gasteiger charge is -2.29. The highest BCUT2D eigenvalue weighted by atomic mass is 32.2. The molecule has 0 spiro atoms. The Balaban J connectivity index is 2.13. The van der Waals surface area contributed by atoms with Crippen molar-refractivity contribution in [2.75, 3.05) is 27.1 Å². The number of ether oxygens (including phenoxy) is 3. The van der Waals surface area contributed by atoms with Crippen molar-refractivity contribution in [2.45, 2.75) is 10.9 Å². The van der Waals surface area contributed by atoms with Gasteiger partial charge in [-0.2, -0.15) is 0 Å². The lowest BCUT2D eigenvalue weighted by molar-refractivity contribution is -0.145. The van der Waals surface area contributed by atoms with Crippen molar-refractivity contribution in [1.82, 2.24) is 4.98 Å². The summed E-state index contributed by atoms with van der Waals surface area (Å²) in [5, 5.41) is 0.824. The number of nitrogens with one attached hydrogen (secondary N) is 1. The average molecular weight is 367 g/mol. The highest BCUT2D eigenvalue weighted by Crippen LogP contribution is 2.46. The van der Waals surface area contributed by atoms with E-state index in [-0.39, 0.29) is 22.7 Å². The van der Waals surface area contributed by atoms with Crippen molar-refractivity contribution in [2.24, 2.45) is 5.92 Å². The van der Waals surface area contributed by atoms with Crippen LogP contribution >= 0.6 is 23.1 Å². The fourth-order valence-electron chi connectivity index (χ4n) is 2.88. The van der Waals surface area contributed by atoms with E-state index in [1.165, 1.54) is 18.9 Å². The van der Waals surface area contributed by atoms with Gasteiger partial charge in [-0.05, 0) is 17.7 Å². The van der Waals surface area contributed by atoms with Crippen LogP contribution in [0.15, 0.2) is 28.0 Å². The van der Waals surface area contributed by atoms with Crippen LogP contribution in [0.3, 0.4) is 0 Å². The maximum atomic E-state index is 12.3. The summed E-state index contributed by atoms with van der Waals surface area (Å²) in [5.41, 5.74) is 0.889. The molecule has 0 saturated carbocycles. The van der Waals surface area contributed by atoms with Crippen molar-refractivity contribution in [3.05, 3.63) is 38.3 Å².